The molecular weight excluding hydrogens is 360 g/mol. The van der Waals surface area contributed by atoms with E-state index in [1.807, 2.05) is 0 Å². The summed E-state index contributed by atoms with van der Waals surface area (Å²) in [4.78, 5) is 0. The topological polar surface area (TPSA) is 0 Å². The first-order valence-corrected chi connectivity index (χ1v) is 12.1. The van der Waals surface area contributed by atoms with Crippen molar-refractivity contribution >= 4 is 0 Å². The van der Waals surface area contributed by atoms with Crippen LogP contribution >= 0.6 is 0 Å². The quantitative estimate of drug-likeness (QED) is 0.186. The van der Waals surface area contributed by atoms with Gasteiger partial charge in [-0.25, -0.2) is 0 Å². The summed E-state index contributed by atoms with van der Waals surface area (Å²) in [7, 11) is 0. The standard InChI is InChI=1S/C30H50/c1-25(2)15-11-19-29(7)23-13-21-27(5)17-9-10-18-28(6)22-14-24-30(8)20-12-16-26(3)4/h15-18,23-24H,9-14,19-22H2,1-8H3/b27-17+,28-18+,29-23-,30-24-. The molecular formula is C30H50. The second-order valence-corrected chi connectivity index (χ2v) is 9.50. The van der Waals surface area contributed by atoms with Gasteiger partial charge >= 0.3 is 0 Å². The van der Waals surface area contributed by atoms with Gasteiger partial charge in [-0.15, -0.1) is 0 Å². The Bertz CT molecular complexity index is 578. The summed E-state index contributed by atoms with van der Waals surface area (Å²) < 4.78 is 0. The number of hydrogen-bond acceptors (Lipinski definition) is 0. The van der Waals surface area contributed by atoms with Crippen molar-refractivity contribution in [2.75, 3.05) is 0 Å². The van der Waals surface area contributed by atoms with Crippen molar-refractivity contribution in [3.8, 4) is 0 Å². The predicted octanol–water partition coefficient (Wildman–Crippen LogP) is 10.6. The molecule has 170 valence electrons. The van der Waals surface area contributed by atoms with E-state index in [-0.39, 0.29) is 0 Å². The molecule has 0 aromatic rings. The molecule has 0 fully saturated rings. The van der Waals surface area contributed by atoms with Crippen LogP contribution in [0.25, 0.3) is 0 Å². The Balaban J connectivity index is 4.05. The van der Waals surface area contributed by atoms with Gasteiger partial charge in [0.2, 0.25) is 0 Å². The maximum atomic E-state index is 2.43. The first-order chi connectivity index (χ1) is 14.2. The summed E-state index contributed by atoms with van der Waals surface area (Å²) in [6, 6.07) is 0. The lowest BCUT2D eigenvalue weighted by Crippen LogP contribution is -1.82. The first-order valence-electron chi connectivity index (χ1n) is 12.1. The van der Waals surface area contributed by atoms with E-state index in [4.69, 9.17) is 0 Å². The smallest absolute Gasteiger partial charge is 0.0288 e. The van der Waals surface area contributed by atoms with Crippen LogP contribution in [-0.4, -0.2) is 0 Å². The average Bonchev–Trinajstić information content (AvgIpc) is 2.64. The molecule has 0 nitrogen and oxygen atoms in total. The van der Waals surface area contributed by atoms with Crippen LogP contribution in [0.15, 0.2) is 69.9 Å². The molecule has 0 amide bonds. The largest absolute Gasteiger partial charge is 0.0856 e. The number of hydrogen-bond donors (Lipinski definition) is 0. The minimum atomic E-state index is 1.17. The minimum absolute atomic E-state index is 1.17. The normalized spacial score (nSPS) is 13.5. The molecule has 0 aromatic carbocycles. The monoisotopic (exact) mass is 410 g/mol. The maximum absolute atomic E-state index is 2.43. The highest BCUT2D eigenvalue weighted by Crippen LogP contribution is 2.14. The van der Waals surface area contributed by atoms with Crippen molar-refractivity contribution < 1.29 is 0 Å². The molecule has 0 aliphatic heterocycles. The van der Waals surface area contributed by atoms with E-state index in [1.54, 1.807) is 0 Å². The van der Waals surface area contributed by atoms with Gasteiger partial charge in [-0.05, 0) is 120 Å². The fourth-order valence-electron chi connectivity index (χ4n) is 3.34. The molecule has 0 N–H and O–H groups in total. The summed E-state index contributed by atoms with van der Waals surface area (Å²) in [5.74, 6) is 0. The number of unbranched alkanes of at least 4 members (excludes halogenated alkanes) is 1. The van der Waals surface area contributed by atoms with Crippen LogP contribution < -0.4 is 0 Å². The van der Waals surface area contributed by atoms with Gasteiger partial charge in [0, 0.05) is 0 Å². The minimum Gasteiger partial charge on any atom is -0.0856 e. The van der Waals surface area contributed by atoms with E-state index in [2.05, 4.69) is 91.8 Å². The van der Waals surface area contributed by atoms with E-state index >= 15 is 0 Å². The van der Waals surface area contributed by atoms with Crippen LogP contribution in [0.5, 0.6) is 0 Å². The summed E-state index contributed by atoms with van der Waals surface area (Å²) in [5.41, 5.74) is 8.97. The zero-order valence-corrected chi connectivity index (χ0v) is 21.5. The molecule has 0 aliphatic carbocycles. The van der Waals surface area contributed by atoms with Gasteiger partial charge in [-0.1, -0.05) is 69.9 Å². The highest BCUT2D eigenvalue weighted by atomic mass is 14.0. The SMILES string of the molecule is CC(C)=CCC/C(C)=C\CC/C(C)=C/CC/C=C(\C)CC/C=C(/C)CCC=C(C)C. The lowest BCUT2D eigenvalue weighted by molar-refractivity contribution is 0.896. The zero-order valence-electron chi connectivity index (χ0n) is 21.5. The van der Waals surface area contributed by atoms with Gasteiger partial charge in [-0.2, -0.15) is 0 Å². The van der Waals surface area contributed by atoms with Crippen LogP contribution in [0.2, 0.25) is 0 Å². The van der Waals surface area contributed by atoms with Gasteiger partial charge in [-0.3, -0.25) is 0 Å². The predicted molar refractivity (Wildman–Crippen MR) is 140 cm³/mol. The molecule has 0 unspecified atom stereocenters. The van der Waals surface area contributed by atoms with Gasteiger partial charge in [0.05, 0.1) is 0 Å². The maximum Gasteiger partial charge on any atom is -0.0288 e. The molecule has 0 saturated heterocycles. The third-order valence-electron chi connectivity index (χ3n) is 5.40. The van der Waals surface area contributed by atoms with Gasteiger partial charge < -0.3 is 0 Å². The van der Waals surface area contributed by atoms with Crippen molar-refractivity contribution in [3.63, 3.8) is 0 Å². The van der Waals surface area contributed by atoms with Gasteiger partial charge in [0.1, 0.15) is 0 Å². The summed E-state index contributed by atoms with van der Waals surface area (Å²) in [6.07, 6.45) is 26.2. The highest BCUT2D eigenvalue weighted by Gasteiger charge is 1.94. The van der Waals surface area contributed by atoms with E-state index in [0.29, 0.717) is 0 Å². The van der Waals surface area contributed by atoms with Crippen molar-refractivity contribution in [3.05, 3.63) is 69.9 Å². The molecule has 0 atom stereocenters. The van der Waals surface area contributed by atoms with E-state index in [1.165, 1.54) is 97.6 Å². The van der Waals surface area contributed by atoms with Crippen molar-refractivity contribution in [1.82, 2.24) is 0 Å². The molecule has 0 aromatic heterocycles. The summed E-state index contributed by atoms with van der Waals surface area (Å²) >= 11 is 0. The highest BCUT2D eigenvalue weighted by molar-refractivity contribution is 5.08. The average molecular weight is 411 g/mol. The van der Waals surface area contributed by atoms with E-state index in [0.717, 1.165) is 0 Å². The Labute approximate surface area is 189 Å². The summed E-state index contributed by atoms with van der Waals surface area (Å²) in [6.45, 7) is 17.8. The molecule has 0 rings (SSSR count). The molecule has 30 heavy (non-hydrogen) atoms. The Morgan fingerprint density at radius 1 is 0.333 bits per heavy atom. The Hall–Kier alpha value is -1.56. The molecule has 0 heteroatoms. The first kappa shape index (κ1) is 28.4. The van der Waals surface area contributed by atoms with E-state index < -0.39 is 0 Å². The van der Waals surface area contributed by atoms with Crippen molar-refractivity contribution in [2.45, 2.75) is 120 Å². The molecule has 0 heterocycles. The second-order valence-electron chi connectivity index (χ2n) is 9.50. The Morgan fingerprint density at radius 2 is 0.567 bits per heavy atom. The third kappa shape index (κ3) is 19.7. The number of allylic oxidation sites excluding steroid dienone is 12. The van der Waals surface area contributed by atoms with Gasteiger partial charge in [0.25, 0.3) is 0 Å². The van der Waals surface area contributed by atoms with Crippen molar-refractivity contribution in [1.29, 1.82) is 0 Å². The number of rotatable bonds is 15. The Morgan fingerprint density at radius 3 is 0.833 bits per heavy atom. The molecule has 0 saturated carbocycles. The van der Waals surface area contributed by atoms with Crippen LogP contribution in [0.4, 0.5) is 0 Å². The molecule has 0 bridgehead atoms. The van der Waals surface area contributed by atoms with Crippen LogP contribution in [0.1, 0.15) is 120 Å². The van der Waals surface area contributed by atoms with Crippen LogP contribution in [0, 0.1) is 0 Å². The lowest BCUT2D eigenvalue weighted by Gasteiger charge is -2.02. The molecule has 0 spiro atoms. The third-order valence-corrected chi connectivity index (χ3v) is 5.40. The molecule has 0 aliphatic rings. The van der Waals surface area contributed by atoms with Crippen LogP contribution in [-0.2, 0) is 0 Å². The zero-order chi connectivity index (χ0) is 22.8. The van der Waals surface area contributed by atoms with Gasteiger partial charge in [0.15, 0.2) is 0 Å². The Kier molecular flexibility index (Phi) is 17.3. The van der Waals surface area contributed by atoms with Crippen molar-refractivity contribution in [2.24, 2.45) is 0 Å². The van der Waals surface area contributed by atoms with Crippen LogP contribution in [0.3, 0.4) is 0 Å². The van der Waals surface area contributed by atoms with E-state index in [9.17, 15) is 0 Å². The summed E-state index contributed by atoms with van der Waals surface area (Å²) in [5, 5.41) is 0. The second kappa shape index (κ2) is 18.2. The lowest BCUT2D eigenvalue weighted by atomic mass is 10.0. The molecule has 0 radical (unpaired) electrons. The fraction of sp³-hybridized carbons (Fsp3) is 0.600. The fourth-order valence-corrected chi connectivity index (χ4v) is 3.34.